The fraction of sp³-hybridized carbons (Fsp3) is 0.423. The SMILES string of the molecule is O=C(NCc1ccc(F)cc1)c1cc(NC(=O)C2CC2)ccc1N1CCN(C(=O)C2CC2)CC1. The first-order chi connectivity index (χ1) is 16.5. The van der Waals surface area contributed by atoms with E-state index in [0.717, 1.165) is 36.9 Å². The van der Waals surface area contributed by atoms with Crippen LogP contribution in [0.2, 0.25) is 0 Å². The van der Waals surface area contributed by atoms with Gasteiger partial charge >= 0.3 is 0 Å². The molecule has 5 rings (SSSR count). The third-order valence-corrected chi connectivity index (χ3v) is 6.68. The van der Waals surface area contributed by atoms with E-state index in [1.165, 1.54) is 12.1 Å². The maximum Gasteiger partial charge on any atom is 0.253 e. The van der Waals surface area contributed by atoms with Crippen molar-refractivity contribution in [1.29, 1.82) is 0 Å². The van der Waals surface area contributed by atoms with Crippen molar-refractivity contribution in [3.63, 3.8) is 0 Å². The minimum Gasteiger partial charge on any atom is -0.367 e. The average Bonchev–Trinajstić information content (AvgIpc) is 3.76. The van der Waals surface area contributed by atoms with Crippen LogP contribution in [0, 0.1) is 17.7 Å². The lowest BCUT2D eigenvalue weighted by Gasteiger charge is -2.37. The molecule has 1 aliphatic heterocycles. The molecule has 0 aromatic heterocycles. The van der Waals surface area contributed by atoms with Gasteiger partial charge in [0.15, 0.2) is 0 Å². The monoisotopic (exact) mass is 464 g/mol. The highest BCUT2D eigenvalue weighted by atomic mass is 19.1. The zero-order chi connectivity index (χ0) is 23.7. The van der Waals surface area contributed by atoms with Crippen LogP contribution in [0.15, 0.2) is 42.5 Å². The lowest BCUT2D eigenvalue weighted by Crippen LogP contribution is -2.49. The molecule has 2 aromatic carbocycles. The summed E-state index contributed by atoms with van der Waals surface area (Å²) in [5, 5.41) is 5.83. The first kappa shape index (κ1) is 22.4. The Morgan fingerprint density at radius 3 is 2.21 bits per heavy atom. The zero-order valence-electron chi connectivity index (χ0n) is 19.1. The molecule has 0 spiro atoms. The van der Waals surface area contributed by atoms with E-state index in [0.29, 0.717) is 37.4 Å². The number of halogens is 1. The van der Waals surface area contributed by atoms with Gasteiger partial charge in [0.1, 0.15) is 5.82 Å². The van der Waals surface area contributed by atoms with Gasteiger partial charge in [-0.2, -0.15) is 0 Å². The van der Waals surface area contributed by atoms with Crippen molar-refractivity contribution >= 4 is 29.1 Å². The van der Waals surface area contributed by atoms with Crippen LogP contribution in [-0.4, -0.2) is 48.8 Å². The number of hydrogen-bond donors (Lipinski definition) is 2. The van der Waals surface area contributed by atoms with Gasteiger partial charge in [0.25, 0.3) is 5.91 Å². The van der Waals surface area contributed by atoms with E-state index in [4.69, 9.17) is 0 Å². The summed E-state index contributed by atoms with van der Waals surface area (Å²) in [4.78, 5) is 41.9. The molecule has 0 atom stereocenters. The highest BCUT2D eigenvalue weighted by molar-refractivity contribution is 6.02. The quantitative estimate of drug-likeness (QED) is 0.660. The van der Waals surface area contributed by atoms with Gasteiger partial charge in [-0.05, 0) is 61.6 Å². The zero-order valence-corrected chi connectivity index (χ0v) is 19.1. The Balaban J connectivity index is 1.31. The largest absolute Gasteiger partial charge is 0.367 e. The van der Waals surface area contributed by atoms with Gasteiger partial charge in [-0.15, -0.1) is 0 Å². The van der Waals surface area contributed by atoms with Crippen molar-refractivity contribution in [3.8, 4) is 0 Å². The van der Waals surface area contributed by atoms with Crippen LogP contribution in [0.3, 0.4) is 0 Å². The van der Waals surface area contributed by atoms with Crippen LogP contribution in [0.4, 0.5) is 15.8 Å². The molecule has 0 radical (unpaired) electrons. The number of rotatable bonds is 7. The van der Waals surface area contributed by atoms with Crippen LogP contribution in [0.5, 0.6) is 0 Å². The maximum atomic E-state index is 13.2. The average molecular weight is 465 g/mol. The summed E-state index contributed by atoms with van der Waals surface area (Å²) in [7, 11) is 0. The maximum absolute atomic E-state index is 13.2. The molecular weight excluding hydrogens is 435 g/mol. The molecule has 3 amide bonds. The van der Waals surface area contributed by atoms with E-state index < -0.39 is 0 Å². The number of anilines is 2. The second-order valence-corrected chi connectivity index (χ2v) is 9.39. The van der Waals surface area contributed by atoms with Crippen molar-refractivity contribution in [3.05, 3.63) is 59.4 Å². The smallest absolute Gasteiger partial charge is 0.253 e. The molecule has 178 valence electrons. The number of hydrogen-bond acceptors (Lipinski definition) is 4. The minimum absolute atomic E-state index is 0.0161. The van der Waals surface area contributed by atoms with Gasteiger partial charge in [0.2, 0.25) is 11.8 Å². The number of benzene rings is 2. The van der Waals surface area contributed by atoms with Gasteiger partial charge in [-0.3, -0.25) is 14.4 Å². The number of nitrogens with one attached hydrogen (secondary N) is 2. The van der Waals surface area contributed by atoms with Gasteiger partial charge in [0, 0.05) is 55.9 Å². The summed E-state index contributed by atoms with van der Waals surface area (Å²) in [6.45, 7) is 2.81. The highest BCUT2D eigenvalue weighted by Gasteiger charge is 2.35. The molecule has 8 heteroatoms. The van der Waals surface area contributed by atoms with E-state index in [2.05, 4.69) is 15.5 Å². The number of carbonyl (C=O) groups is 3. The molecule has 0 bridgehead atoms. The van der Waals surface area contributed by atoms with Crippen molar-refractivity contribution < 1.29 is 18.8 Å². The van der Waals surface area contributed by atoms with Crippen LogP contribution in [0.1, 0.15) is 41.6 Å². The summed E-state index contributed by atoms with van der Waals surface area (Å²) in [5.74, 6) is -0.0944. The molecule has 34 heavy (non-hydrogen) atoms. The number of amides is 3. The van der Waals surface area contributed by atoms with Crippen molar-refractivity contribution in [2.45, 2.75) is 32.2 Å². The first-order valence-electron chi connectivity index (χ1n) is 12.0. The van der Waals surface area contributed by atoms with Crippen LogP contribution < -0.4 is 15.5 Å². The van der Waals surface area contributed by atoms with Crippen molar-refractivity contribution in [2.75, 3.05) is 36.4 Å². The van der Waals surface area contributed by atoms with Crippen LogP contribution in [0.25, 0.3) is 0 Å². The predicted molar refractivity (Wildman–Crippen MR) is 127 cm³/mol. The fourth-order valence-corrected chi connectivity index (χ4v) is 4.30. The number of piperazine rings is 1. The third-order valence-electron chi connectivity index (χ3n) is 6.68. The normalized spacial score (nSPS) is 17.9. The Labute approximate surface area is 198 Å². The summed E-state index contributed by atoms with van der Waals surface area (Å²) in [6.07, 6.45) is 3.79. The molecule has 3 fully saturated rings. The van der Waals surface area contributed by atoms with E-state index in [1.807, 2.05) is 17.0 Å². The Morgan fingerprint density at radius 2 is 1.56 bits per heavy atom. The molecule has 2 saturated carbocycles. The topological polar surface area (TPSA) is 81.8 Å². The Morgan fingerprint density at radius 1 is 0.882 bits per heavy atom. The fourth-order valence-electron chi connectivity index (χ4n) is 4.30. The lowest BCUT2D eigenvalue weighted by atomic mass is 10.1. The Hall–Kier alpha value is -3.42. The second kappa shape index (κ2) is 9.44. The second-order valence-electron chi connectivity index (χ2n) is 9.39. The number of nitrogens with zero attached hydrogens (tertiary/aromatic N) is 2. The minimum atomic E-state index is -0.323. The number of carbonyl (C=O) groups excluding carboxylic acids is 3. The summed E-state index contributed by atoms with van der Waals surface area (Å²) < 4.78 is 13.2. The highest BCUT2D eigenvalue weighted by Crippen LogP contribution is 2.33. The molecule has 1 saturated heterocycles. The Bertz CT molecular complexity index is 1090. The van der Waals surface area contributed by atoms with Gasteiger partial charge in [-0.1, -0.05) is 12.1 Å². The molecule has 1 heterocycles. The summed E-state index contributed by atoms with van der Waals surface area (Å²) >= 11 is 0. The molecule has 2 aliphatic carbocycles. The van der Waals surface area contributed by atoms with E-state index in [1.54, 1.807) is 18.2 Å². The lowest BCUT2D eigenvalue weighted by molar-refractivity contribution is -0.132. The van der Waals surface area contributed by atoms with E-state index in [-0.39, 0.29) is 41.9 Å². The molecular formula is C26H29FN4O3. The molecule has 2 aromatic rings. The van der Waals surface area contributed by atoms with E-state index in [9.17, 15) is 18.8 Å². The molecule has 3 aliphatic rings. The molecule has 7 nitrogen and oxygen atoms in total. The van der Waals surface area contributed by atoms with Crippen LogP contribution >= 0.6 is 0 Å². The Kier molecular flexibility index (Phi) is 6.22. The standard InChI is InChI=1S/C26H29FN4O3/c27-20-7-1-17(2-8-20)16-28-25(33)22-15-21(29-24(32)18-3-4-18)9-10-23(22)30-11-13-31(14-12-30)26(34)19-5-6-19/h1-2,7-10,15,18-19H,3-6,11-14,16H2,(H,28,33)(H,29,32). The third kappa shape index (κ3) is 5.21. The van der Waals surface area contributed by atoms with Crippen LogP contribution in [-0.2, 0) is 16.1 Å². The first-order valence-corrected chi connectivity index (χ1v) is 12.0. The van der Waals surface area contributed by atoms with Gasteiger partial charge < -0.3 is 20.4 Å². The van der Waals surface area contributed by atoms with Gasteiger partial charge in [0.05, 0.1) is 5.56 Å². The van der Waals surface area contributed by atoms with Crippen molar-refractivity contribution in [2.24, 2.45) is 11.8 Å². The summed E-state index contributed by atoms with van der Waals surface area (Å²) in [6, 6.07) is 11.4. The molecule has 0 unspecified atom stereocenters. The molecule has 2 N–H and O–H groups in total. The van der Waals surface area contributed by atoms with Gasteiger partial charge in [-0.25, -0.2) is 4.39 Å². The summed E-state index contributed by atoms with van der Waals surface area (Å²) in [5.41, 5.74) is 2.63. The van der Waals surface area contributed by atoms with E-state index >= 15 is 0 Å². The van der Waals surface area contributed by atoms with Crippen molar-refractivity contribution in [1.82, 2.24) is 10.2 Å². The predicted octanol–water partition coefficient (Wildman–Crippen LogP) is 3.16.